The van der Waals surface area contributed by atoms with Crippen LogP contribution in [-0.4, -0.2) is 19.1 Å². The molecule has 0 bridgehead atoms. The number of hydrogen-bond donors (Lipinski definition) is 1. The van der Waals surface area contributed by atoms with Crippen molar-refractivity contribution in [2.45, 2.75) is 0 Å². The van der Waals surface area contributed by atoms with Crippen LogP contribution in [0.2, 0.25) is 0 Å². The highest BCUT2D eigenvalue weighted by molar-refractivity contribution is 14.1. The Morgan fingerprint density at radius 3 is 2.71 bits per heavy atom. The minimum Gasteiger partial charge on any atom is -0.453 e. The van der Waals surface area contributed by atoms with Gasteiger partial charge in [-0.25, -0.2) is 4.79 Å². The first kappa shape index (κ1) is 11.0. The van der Waals surface area contributed by atoms with Crippen LogP contribution in [0.1, 0.15) is 10.4 Å². The SMILES string of the molecule is COC(=O)NC(=O)c1cccc(I)c1. The van der Waals surface area contributed by atoms with Crippen LogP contribution in [0.5, 0.6) is 0 Å². The second-order valence-electron chi connectivity index (χ2n) is 2.46. The predicted molar refractivity (Wildman–Crippen MR) is 59.0 cm³/mol. The predicted octanol–water partition coefficient (Wildman–Crippen LogP) is 1.79. The number of nitrogens with one attached hydrogen (secondary N) is 1. The van der Waals surface area contributed by atoms with Crippen molar-refractivity contribution in [1.82, 2.24) is 5.32 Å². The first-order valence-corrected chi connectivity index (χ1v) is 4.86. The van der Waals surface area contributed by atoms with E-state index in [-0.39, 0.29) is 0 Å². The third-order valence-electron chi connectivity index (χ3n) is 1.49. The number of ether oxygens (including phenoxy) is 1. The highest BCUT2D eigenvalue weighted by atomic mass is 127. The van der Waals surface area contributed by atoms with Crippen LogP contribution in [0.25, 0.3) is 0 Å². The van der Waals surface area contributed by atoms with Gasteiger partial charge in [-0.15, -0.1) is 0 Å². The molecule has 5 heteroatoms. The molecule has 0 spiro atoms. The number of halogens is 1. The molecule has 4 nitrogen and oxygen atoms in total. The zero-order chi connectivity index (χ0) is 10.6. The van der Waals surface area contributed by atoms with Gasteiger partial charge in [0.2, 0.25) is 0 Å². The summed E-state index contributed by atoms with van der Waals surface area (Å²) in [5.41, 5.74) is 0.433. The van der Waals surface area contributed by atoms with Gasteiger partial charge in [0.25, 0.3) is 5.91 Å². The minimum absolute atomic E-state index is 0.433. The second-order valence-corrected chi connectivity index (χ2v) is 3.70. The van der Waals surface area contributed by atoms with Gasteiger partial charge in [-0.1, -0.05) is 6.07 Å². The van der Waals surface area contributed by atoms with E-state index in [4.69, 9.17) is 0 Å². The molecule has 1 rings (SSSR count). The molecular weight excluding hydrogens is 297 g/mol. The smallest absolute Gasteiger partial charge is 0.413 e. The van der Waals surface area contributed by atoms with E-state index in [0.717, 1.165) is 3.57 Å². The lowest BCUT2D eigenvalue weighted by molar-refractivity contribution is 0.0937. The molecule has 0 aliphatic carbocycles. The molecule has 0 heterocycles. The van der Waals surface area contributed by atoms with Crippen molar-refractivity contribution >= 4 is 34.6 Å². The van der Waals surface area contributed by atoms with Gasteiger partial charge >= 0.3 is 6.09 Å². The third kappa shape index (κ3) is 2.99. The third-order valence-corrected chi connectivity index (χ3v) is 2.16. The van der Waals surface area contributed by atoms with Gasteiger partial charge in [0.05, 0.1) is 7.11 Å². The van der Waals surface area contributed by atoms with Gasteiger partial charge < -0.3 is 4.74 Å². The molecule has 0 aliphatic heterocycles. The number of benzene rings is 1. The fraction of sp³-hybridized carbons (Fsp3) is 0.111. The Bertz CT molecular complexity index is 365. The molecule has 1 aromatic carbocycles. The number of methoxy groups -OCH3 is 1. The lowest BCUT2D eigenvalue weighted by Crippen LogP contribution is -2.30. The average Bonchev–Trinajstić information content (AvgIpc) is 2.17. The maximum Gasteiger partial charge on any atom is 0.413 e. The molecule has 0 saturated carbocycles. The zero-order valence-electron chi connectivity index (χ0n) is 7.41. The molecule has 74 valence electrons. The van der Waals surface area contributed by atoms with E-state index in [2.05, 4.69) is 32.6 Å². The summed E-state index contributed by atoms with van der Waals surface area (Å²) < 4.78 is 5.23. The van der Waals surface area contributed by atoms with E-state index in [1.807, 2.05) is 6.07 Å². The van der Waals surface area contributed by atoms with Crippen molar-refractivity contribution in [3.05, 3.63) is 33.4 Å². The van der Waals surface area contributed by atoms with E-state index in [1.165, 1.54) is 7.11 Å². The van der Waals surface area contributed by atoms with E-state index in [0.29, 0.717) is 5.56 Å². The standard InChI is InChI=1S/C9H8INO3/c1-14-9(13)11-8(12)6-3-2-4-7(10)5-6/h2-5H,1H3,(H,11,12,13). The first-order chi connectivity index (χ1) is 6.63. The molecule has 14 heavy (non-hydrogen) atoms. The van der Waals surface area contributed by atoms with Gasteiger partial charge in [-0.05, 0) is 40.8 Å². The molecule has 0 saturated heterocycles. The largest absolute Gasteiger partial charge is 0.453 e. The maximum absolute atomic E-state index is 11.4. The summed E-state index contributed by atoms with van der Waals surface area (Å²) in [4.78, 5) is 22.1. The number of carbonyl (C=O) groups is 2. The summed E-state index contributed by atoms with van der Waals surface area (Å²) in [6, 6.07) is 6.91. The van der Waals surface area contributed by atoms with Crippen LogP contribution >= 0.6 is 22.6 Å². The highest BCUT2D eigenvalue weighted by Gasteiger charge is 2.09. The van der Waals surface area contributed by atoms with Crippen molar-refractivity contribution in [2.24, 2.45) is 0 Å². The van der Waals surface area contributed by atoms with Crippen molar-refractivity contribution in [3.8, 4) is 0 Å². The number of alkyl carbamates (subject to hydrolysis) is 1. The molecule has 0 fully saturated rings. The summed E-state index contributed by atoms with van der Waals surface area (Å²) in [5, 5.41) is 2.07. The van der Waals surface area contributed by atoms with Crippen LogP contribution in [0.3, 0.4) is 0 Å². The van der Waals surface area contributed by atoms with Crippen LogP contribution in [-0.2, 0) is 4.74 Å². The average molecular weight is 305 g/mol. The van der Waals surface area contributed by atoms with Gasteiger partial charge in [0.1, 0.15) is 0 Å². The number of carbonyl (C=O) groups excluding carboxylic acids is 2. The summed E-state index contributed by atoms with van der Waals surface area (Å²) in [6.45, 7) is 0. The van der Waals surface area contributed by atoms with E-state index in [9.17, 15) is 9.59 Å². The van der Waals surface area contributed by atoms with Gasteiger partial charge in [-0.2, -0.15) is 0 Å². The molecular formula is C9H8INO3. The summed E-state index contributed by atoms with van der Waals surface area (Å²) in [5.74, 6) is -0.463. The molecule has 1 aromatic rings. The molecule has 0 unspecified atom stereocenters. The summed E-state index contributed by atoms with van der Waals surface area (Å²) in [7, 11) is 1.21. The van der Waals surface area contributed by atoms with Gasteiger partial charge in [0.15, 0.2) is 0 Å². The van der Waals surface area contributed by atoms with Gasteiger partial charge in [-0.3, -0.25) is 10.1 Å². The number of hydrogen-bond acceptors (Lipinski definition) is 3. The Hall–Kier alpha value is -1.11. The minimum atomic E-state index is -0.756. The number of rotatable bonds is 1. The van der Waals surface area contributed by atoms with Crippen LogP contribution in [0.4, 0.5) is 4.79 Å². The Kier molecular flexibility index (Phi) is 3.87. The van der Waals surface area contributed by atoms with Crippen molar-refractivity contribution in [3.63, 3.8) is 0 Å². The van der Waals surface area contributed by atoms with Crippen molar-refractivity contribution in [1.29, 1.82) is 0 Å². The quantitative estimate of drug-likeness (QED) is 0.805. The van der Waals surface area contributed by atoms with Crippen LogP contribution in [0.15, 0.2) is 24.3 Å². The molecule has 0 atom stereocenters. The normalized spacial score (nSPS) is 9.29. The Balaban J connectivity index is 2.75. The van der Waals surface area contributed by atoms with Crippen molar-refractivity contribution in [2.75, 3.05) is 7.11 Å². The molecule has 2 amide bonds. The lowest BCUT2D eigenvalue weighted by Gasteiger charge is -2.02. The zero-order valence-corrected chi connectivity index (χ0v) is 9.57. The Morgan fingerprint density at radius 1 is 1.43 bits per heavy atom. The van der Waals surface area contributed by atoms with Crippen LogP contribution < -0.4 is 5.32 Å². The molecule has 0 aromatic heterocycles. The summed E-state index contributed by atoms with van der Waals surface area (Å²) >= 11 is 2.09. The maximum atomic E-state index is 11.4. The van der Waals surface area contributed by atoms with Gasteiger partial charge in [0, 0.05) is 9.13 Å². The van der Waals surface area contributed by atoms with E-state index in [1.54, 1.807) is 18.2 Å². The fourth-order valence-electron chi connectivity index (χ4n) is 0.846. The fourth-order valence-corrected chi connectivity index (χ4v) is 1.39. The highest BCUT2D eigenvalue weighted by Crippen LogP contribution is 2.07. The lowest BCUT2D eigenvalue weighted by atomic mass is 10.2. The topological polar surface area (TPSA) is 55.4 Å². The molecule has 0 radical (unpaired) electrons. The molecule has 0 aliphatic rings. The Morgan fingerprint density at radius 2 is 2.14 bits per heavy atom. The summed E-state index contributed by atoms with van der Waals surface area (Å²) in [6.07, 6.45) is -0.756. The van der Waals surface area contributed by atoms with E-state index >= 15 is 0 Å². The first-order valence-electron chi connectivity index (χ1n) is 3.78. The monoisotopic (exact) mass is 305 g/mol. The number of amides is 2. The molecule has 1 N–H and O–H groups in total. The number of imide groups is 1. The van der Waals surface area contributed by atoms with Crippen molar-refractivity contribution < 1.29 is 14.3 Å². The second kappa shape index (κ2) is 4.94. The van der Waals surface area contributed by atoms with E-state index < -0.39 is 12.0 Å². The Labute approximate surface area is 94.8 Å². The van der Waals surface area contributed by atoms with Crippen LogP contribution in [0, 0.1) is 3.57 Å².